The fourth-order valence-electron chi connectivity index (χ4n) is 2.51. The van der Waals surface area contributed by atoms with E-state index >= 15 is 0 Å². The second-order valence-corrected chi connectivity index (χ2v) is 9.46. The largest absolute Gasteiger partial charge is 0.301 e. The molecular formula is C14H22N2O4S2. The van der Waals surface area contributed by atoms with Crippen molar-refractivity contribution < 1.29 is 16.8 Å². The SMILES string of the molecule is CCN1CCN(S(=O)(=O)c2cc(S(C)(=O)=O)ccc2C)CC1. The number of sulfone groups is 1. The van der Waals surface area contributed by atoms with Crippen LogP contribution in [0.4, 0.5) is 0 Å². The highest BCUT2D eigenvalue weighted by Gasteiger charge is 2.30. The molecule has 1 aliphatic rings. The third-order valence-electron chi connectivity index (χ3n) is 3.98. The molecular weight excluding hydrogens is 324 g/mol. The van der Waals surface area contributed by atoms with E-state index in [1.165, 1.54) is 16.4 Å². The van der Waals surface area contributed by atoms with E-state index in [4.69, 9.17) is 0 Å². The van der Waals surface area contributed by atoms with Crippen molar-refractivity contribution in [1.29, 1.82) is 0 Å². The molecule has 0 amide bonds. The van der Waals surface area contributed by atoms with Crippen LogP contribution in [-0.4, -0.2) is 65.0 Å². The predicted octanol–water partition coefficient (Wildman–Crippen LogP) is 0.725. The maximum absolute atomic E-state index is 12.8. The van der Waals surface area contributed by atoms with Gasteiger partial charge in [0, 0.05) is 32.4 Å². The fraction of sp³-hybridized carbons (Fsp3) is 0.571. The number of aryl methyl sites for hydroxylation is 1. The van der Waals surface area contributed by atoms with Gasteiger partial charge in [-0.15, -0.1) is 0 Å². The number of sulfonamides is 1. The van der Waals surface area contributed by atoms with E-state index in [0.717, 1.165) is 12.8 Å². The highest BCUT2D eigenvalue weighted by Crippen LogP contribution is 2.24. The number of hydrogen-bond donors (Lipinski definition) is 0. The third kappa shape index (κ3) is 3.51. The Kier molecular flexibility index (Phi) is 4.96. The molecule has 0 spiro atoms. The maximum atomic E-state index is 12.8. The summed E-state index contributed by atoms with van der Waals surface area (Å²) < 4.78 is 50.4. The molecule has 0 aliphatic carbocycles. The molecule has 0 radical (unpaired) electrons. The van der Waals surface area contributed by atoms with Crippen LogP contribution in [0, 0.1) is 6.92 Å². The van der Waals surface area contributed by atoms with E-state index in [2.05, 4.69) is 4.90 Å². The normalized spacial score (nSPS) is 18.5. The summed E-state index contributed by atoms with van der Waals surface area (Å²) in [5.74, 6) is 0. The Morgan fingerprint density at radius 1 is 1.05 bits per heavy atom. The summed E-state index contributed by atoms with van der Waals surface area (Å²) in [4.78, 5) is 2.30. The Morgan fingerprint density at radius 2 is 1.64 bits per heavy atom. The van der Waals surface area contributed by atoms with Gasteiger partial charge in [0.2, 0.25) is 10.0 Å². The number of likely N-dealkylation sites (N-methyl/N-ethyl adjacent to an activating group) is 1. The van der Waals surface area contributed by atoms with E-state index < -0.39 is 19.9 Å². The molecule has 0 atom stereocenters. The molecule has 124 valence electrons. The van der Waals surface area contributed by atoms with Gasteiger partial charge >= 0.3 is 0 Å². The summed E-state index contributed by atoms with van der Waals surface area (Å²) in [7, 11) is -7.10. The molecule has 0 bridgehead atoms. The van der Waals surface area contributed by atoms with Crippen LogP contribution in [0.25, 0.3) is 0 Å². The van der Waals surface area contributed by atoms with E-state index in [9.17, 15) is 16.8 Å². The van der Waals surface area contributed by atoms with Crippen molar-refractivity contribution in [3.8, 4) is 0 Å². The van der Waals surface area contributed by atoms with E-state index in [1.807, 2.05) is 6.92 Å². The zero-order chi connectivity index (χ0) is 16.5. The lowest BCUT2D eigenvalue weighted by atomic mass is 10.2. The van der Waals surface area contributed by atoms with Crippen molar-refractivity contribution in [1.82, 2.24) is 9.21 Å². The van der Waals surface area contributed by atoms with Gasteiger partial charge in [0.1, 0.15) is 0 Å². The Labute approximate surface area is 132 Å². The summed E-state index contributed by atoms with van der Waals surface area (Å²) in [5.41, 5.74) is 0.560. The second kappa shape index (κ2) is 6.27. The van der Waals surface area contributed by atoms with Crippen LogP contribution in [0.2, 0.25) is 0 Å². The third-order valence-corrected chi connectivity index (χ3v) is 7.13. The monoisotopic (exact) mass is 346 g/mol. The van der Waals surface area contributed by atoms with Crippen molar-refractivity contribution in [2.45, 2.75) is 23.6 Å². The summed E-state index contributed by atoms with van der Waals surface area (Å²) in [6, 6.07) is 4.26. The molecule has 1 heterocycles. The van der Waals surface area contributed by atoms with Crippen LogP contribution in [0.5, 0.6) is 0 Å². The van der Waals surface area contributed by atoms with Gasteiger partial charge < -0.3 is 4.90 Å². The standard InChI is InChI=1S/C14H22N2O4S2/c1-4-15-7-9-16(10-8-15)22(19,20)14-11-13(21(3,17)18)6-5-12(14)2/h5-6,11H,4,7-10H2,1-3H3. The van der Waals surface area contributed by atoms with Crippen LogP contribution in [0.1, 0.15) is 12.5 Å². The molecule has 0 aromatic heterocycles. The smallest absolute Gasteiger partial charge is 0.243 e. The van der Waals surface area contributed by atoms with Gasteiger partial charge in [-0.3, -0.25) is 0 Å². The molecule has 1 aromatic rings. The highest BCUT2D eigenvalue weighted by molar-refractivity contribution is 7.91. The molecule has 1 saturated heterocycles. The molecule has 0 saturated carbocycles. The molecule has 22 heavy (non-hydrogen) atoms. The first-order chi connectivity index (χ1) is 10.2. The van der Waals surface area contributed by atoms with Crippen molar-refractivity contribution in [2.75, 3.05) is 39.0 Å². The van der Waals surface area contributed by atoms with Crippen molar-refractivity contribution in [2.24, 2.45) is 0 Å². The zero-order valence-corrected chi connectivity index (χ0v) is 14.7. The Bertz CT molecular complexity index is 749. The lowest BCUT2D eigenvalue weighted by Crippen LogP contribution is -2.48. The van der Waals surface area contributed by atoms with Gasteiger partial charge in [-0.25, -0.2) is 16.8 Å². The molecule has 1 fully saturated rings. The number of hydrogen-bond acceptors (Lipinski definition) is 5. The Balaban J connectivity index is 2.38. The van der Waals surface area contributed by atoms with Gasteiger partial charge in [0.15, 0.2) is 9.84 Å². The predicted molar refractivity (Wildman–Crippen MR) is 85.2 cm³/mol. The van der Waals surface area contributed by atoms with Gasteiger partial charge in [-0.05, 0) is 31.2 Å². The fourth-order valence-corrected chi connectivity index (χ4v) is 4.91. The quantitative estimate of drug-likeness (QED) is 0.803. The number of piperazine rings is 1. The summed E-state index contributed by atoms with van der Waals surface area (Å²) in [6.07, 6.45) is 1.08. The molecule has 0 N–H and O–H groups in total. The van der Waals surface area contributed by atoms with E-state index in [0.29, 0.717) is 31.7 Å². The van der Waals surface area contributed by atoms with Crippen LogP contribution < -0.4 is 0 Å². The van der Waals surface area contributed by atoms with Crippen LogP contribution in [-0.2, 0) is 19.9 Å². The average Bonchev–Trinajstić information content (AvgIpc) is 2.46. The number of benzene rings is 1. The zero-order valence-electron chi connectivity index (χ0n) is 13.1. The number of rotatable bonds is 4. The van der Waals surface area contributed by atoms with Gasteiger partial charge in [0.05, 0.1) is 9.79 Å². The van der Waals surface area contributed by atoms with E-state index in [-0.39, 0.29) is 9.79 Å². The molecule has 1 aliphatic heterocycles. The molecule has 2 rings (SSSR count). The van der Waals surface area contributed by atoms with Crippen LogP contribution in [0.15, 0.2) is 28.0 Å². The van der Waals surface area contributed by atoms with Gasteiger partial charge in [-0.2, -0.15) is 4.31 Å². The van der Waals surface area contributed by atoms with Crippen LogP contribution in [0.3, 0.4) is 0 Å². The minimum absolute atomic E-state index is 0.0314. The first-order valence-electron chi connectivity index (χ1n) is 7.19. The van der Waals surface area contributed by atoms with Crippen molar-refractivity contribution in [3.05, 3.63) is 23.8 Å². The lowest BCUT2D eigenvalue weighted by Gasteiger charge is -2.33. The summed E-state index contributed by atoms with van der Waals surface area (Å²) in [5, 5.41) is 0. The molecule has 6 nitrogen and oxygen atoms in total. The molecule has 0 unspecified atom stereocenters. The summed E-state index contributed by atoms with van der Waals surface area (Å²) >= 11 is 0. The average molecular weight is 346 g/mol. The first-order valence-corrected chi connectivity index (χ1v) is 10.5. The van der Waals surface area contributed by atoms with Crippen molar-refractivity contribution >= 4 is 19.9 Å². The Morgan fingerprint density at radius 3 is 2.14 bits per heavy atom. The minimum Gasteiger partial charge on any atom is -0.301 e. The Hall–Kier alpha value is -0.960. The van der Waals surface area contributed by atoms with Gasteiger partial charge in [-0.1, -0.05) is 13.0 Å². The highest BCUT2D eigenvalue weighted by atomic mass is 32.2. The van der Waals surface area contributed by atoms with Gasteiger partial charge in [0.25, 0.3) is 0 Å². The lowest BCUT2D eigenvalue weighted by molar-refractivity contribution is 0.196. The van der Waals surface area contributed by atoms with Crippen LogP contribution >= 0.6 is 0 Å². The number of nitrogens with zero attached hydrogens (tertiary/aromatic N) is 2. The molecule has 1 aromatic carbocycles. The first kappa shape index (κ1) is 17.4. The molecule has 8 heteroatoms. The summed E-state index contributed by atoms with van der Waals surface area (Å²) in [6.45, 7) is 6.88. The topological polar surface area (TPSA) is 74.8 Å². The van der Waals surface area contributed by atoms with Crippen molar-refractivity contribution in [3.63, 3.8) is 0 Å². The second-order valence-electron chi connectivity index (χ2n) is 5.54. The minimum atomic E-state index is -3.66. The van der Waals surface area contributed by atoms with E-state index in [1.54, 1.807) is 13.0 Å². The maximum Gasteiger partial charge on any atom is 0.243 e.